The molecule has 0 saturated carbocycles. The summed E-state index contributed by atoms with van der Waals surface area (Å²) in [6.07, 6.45) is 2.40. The van der Waals surface area contributed by atoms with Crippen LogP contribution in [0.4, 0.5) is 0 Å². The quantitative estimate of drug-likeness (QED) is 0.877. The predicted molar refractivity (Wildman–Crippen MR) is 88.1 cm³/mol. The Morgan fingerprint density at radius 3 is 2.73 bits per heavy atom. The van der Waals surface area contributed by atoms with Gasteiger partial charge in [0.25, 0.3) is 0 Å². The van der Waals surface area contributed by atoms with E-state index in [1.54, 1.807) is 7.11 Å². The molecular formula is C17H31N3O2. The minimum atomic E-state index is 0.198. The lowest BCUT2D eigenvalue weighted by atomic mass is 9.81. The highest BCUT2D eigenvalue weighted by molar-refractivity contribution is 5.31. The van der Waals surface area contributed by atoms with E-state index in [1.165, 1.54) is 5.56 Å². The Hall–Kier alpha value is -1.07. The van der Waals surface area contributed by atoms with Gasteiger partial charge in [0.1, 0.15) is 0 Å². The van der Waals surface area contributed by atoms with E-state index >= 15 is 0 Å². The molecule has 1 fully saturated rings. The van der Waals surface area contributed by atoms with Crippen LogP contribution in [0, 0.1) is 11.3 Å². The van der Waals surface area contributed by atoms with Crippen LogP contribution < -0.4 is 10.1 Å². The zero-order valence-corrected chi connectivity index (χ0v) is 14.9. The fraction of sp³-hybridized carbons (Fsp3) is 0.824. The second-order valence-corrected chi connectivity index (χ2v) is 7.25. The van der Waals surface area contributed by atoms with Crippen molar-refractivity contribution in [3.8, 4) is 5.88 Å². The molecule has 1 N–H and O–H groups in total. The molecule has 5 heteroatoms. The molecule has 2 heterocycles. The minimum absolute atomic E-state index is 0.198. The summed E-state index contributed by atoms with van der Waals surface area (Å²) in [4.78, 5) is 0. The molecule has 0 radical (unpaired) electrons. The lowest BCUT2D eigenvalue weighted by Crippen LogP contribution is -2.36. The minimum Gasteiger partial charge on any atom is -0.481 e. The zero-order chi connectivity index (χ0) is 16.3. The van der Waals surface area contributed by atoms with E-state index < -0.39 is 0 Å². The van der Waals surface area contributed by atoms with Gasteiger partial charge in [-0.05, 0) is 18.3 Å². The average molecular weight is 309 g/mol. The SMILES string of the molecule is CCc1nn(C)c(OC)c1CNC[C@H]1CCO[C@@H]1C(C)(C)C. The van der Waals surface area contributed by atoms with Crippen LogP contribution in [0.15, 0.2) is 0 Å². The highest BCUT2D eigenvalue weighted by Crippen LogP contribution is 2.34. The van der Waals surface area contributed by atoms with Gasteiger partial charge in [0.2, 0.25) is 5.88 Å². The second kappa shape index (κ2) is 7.01. The van der Waals surface area contributed by atoms with Crippen LogP contribution in [-0.2, 0) is 24.8 Å². The highest BCUT2D eigenvalue weighted by atomic mass is 16.5. The summed E-state index contributed by atoms with van der Waals surface area (Å²) in [5.41, 5.74) is 2.49. The number of aromatic nitrogens is 2. The summed E-state index contributed by atoms with van der Waals surface area (Å²) in [5, 5.41) is 8.13. The van der Waals surface area contributed by atoms with Crippen LogP contribution in [0.25, 0.3) is 0 Å². The molecule has 0 unspecified atom stereocenters. The van der Waals surface area contributed by atoms with Crippen LogP contribution in [0.3, 0.4) is 0 Å². The number of aryl methyl sites for hydroxylation is 2. The van der Waals surface area contributed by atoms with Gasteiger partial charge in [-0.3, -0.25) is 0 Å². The standard InChI is InChI=1S/C17H31N3O2/c1-7-14-13(16(21-6)20(5)19-14)11-18-10-12-8-9-22-15(12)17(2,3)4/h12,15,18H,7-11H2,1-6H3/t12-,15+/m1/s1. The molecule has 1 aromatic heterocycles. The molecule has 1 aliphatic heterocycles. The highest BCUT2D eigenvalue weighted by Gasteiger charge is 2.36. The Labute approximate surface area is 134 Å². The molecule has 1 aromatic rings. The molecule has 126 valence electrons. The van der Waals surface area contributed by atoms with Gasteiger partial charge in [-0.1, -0.05) is 27.7 Å². The van der Waals surface area contributed by atoms with Crippen molar-refractivity contribution in [1.29, 1.82) is 0 Å². The third-order valence-corrected chi connectivity index (χ3v) is 4.48. The van der Waals surface area contributed by atoms with Crippen molar-refractivity contribution in [3.63, 3.8) is 0 Å². The largest absolute Gasteiger partial charge is 0.481 e. The van der Waals surface area contributed by atoms with Crippen molar-refractivity contribution in [2.75, 3.05) is 20.3 Å². The number of rotatable bonds is 6. The molecule has 2 rings (SSSR count). The van der Waals surface area contributed by atoms with E-state index in [-0.39, 0.29) is 5.41 Å². The van der Waals surface area contributed by atoms with Crippen LogP contribution in [0.5, 0.6) is 5.88 Å². The van der Waals surface area contributed by atoms with Crippen LogP contribution >= 0.6 is 0 Å². The van der Waals surface area contributed by atoms with Gasteiger partial charge in [-0.15, -0.1) is 0 Å². The Kier molecular flexibility index (Phi) is 5.50. The van der Waals surface area contributed by atoms with Crippen molar-refractivity contribution in [2.24, 2.45) is 18.4 Å². The summed E-state index contributed by atoms with van der Waals surface area (Å²) in [5.74, 6) is 1.44. The van der Waals surface area contributed by atoms with E-state index in [0.717, 1.165) is 44.1 Å². The number of methoxy groups -OCH3 is 1. The first kappa shape index (κ1) is 17.3. The van der Waals surface area contributed by atoms with Crippen molar-refractivity contribution < 1.29 is 9.47 Å². The maximum atomic E-state index is 5.95. The summed E-state index contributed by atoms with van der Waals surface area (Å²) in [7, 11) is 3.64. The van der Waals surface area contributed by atoms with Gasteiger partial charge in [0, 0.05) is 32.7 Å². The van der Waals surface area contributed by atoms with Gasteiger partial charge in [0.15, 0.2) is 0 Å². The topological polar surface area (TPSA) is 48.3 Å². The fourth-order valence-electron chi connectivity index (χ4n) is 3.51. The fourth-order valence-corrected chi connectivity index (χ4v) is 3.51. The molecular weight excluding hydrogens is 278 g/mol. The second-order valence-electron chi connectivity index (χ2n) is 7.25. The maximum Gasteiger partial charge on any atom is 0.216 e. The number of hydrogen-bond acceptors (Lipinski definition) is 4. The molecule has 5 nitrogen and oxygen atoms in total. The van der Waals surface area contributed by atoms with E-state index in [2.05, 4.69) is 38.1 Å². The normalized spacial score (nSPS) is 22.3. The molecule has 0 aromatic carbocycles. The third-order valence-electron chi connectivity index (χ3n) is 4.48. The monoisotopic (exact) mass is 309 g/mol. The van der Waals surface area contributed by atoms with Crippen molar-refractivity contribution in [1.82, 2.24) is 15.1 Å². The smallest absolute Gasteiger partial charge is 0.216 e. The molecule has 1 saturated heterocycles. The first-order chi connectivity index (χ1) is 10.4. The number of nitrogens with one attached hydrogen (secondary N) is 1. The molecule has 2 atom stereocenters. The maximum absolute atomic E-state index is 5.95. The molecule has 0 aliphatic carbocycles. The average Bonchev–Trinajstić information content (AvgIpc) is 3.03. The van der Waals surface area contributed by atoms with Gasteiger partial charge >= 0.3 is 0 Å². The van der Waals surface area contributed by atoms with Gasteiger partial charge in [-0.25, -0.2) is 4.68 Å². The number of hydrogen-bond donors (Lipinski definition) is 1. The first-order valence-electron chi connectivity index (χ1n) is 8.29. The van der Waals surface area contributed by atoms with Gasteiger partial charge < -0.3 is 14.8 Å². The van der Waals surface area contributed by atoms with Crippen LogP contribution in [-0.4, -0.2) is 36.1 Å². The van der Waals surface area contributed by atoms with E-state index in [1.807, 2.05) is 11.7 Å². The van der Waals surface area contributed by atoms with Gasteiger partial charge in [0.05, 0.1) is 24.5 Å². The summed E-state index contributed by atoms with van der Waals surface area (Å²) < 4.78 is 13.3. The van der Waals surface area contributed by atoms with E-state index in [4.69, 9.17) is 9.47 Å². The van der Waals surface area contributed by atoms with E-state index in [0.29, 0.717) is 12.0 Å². The molecule has 1 aliphatic rings. The first-order valence-corrected chi connectivity index (χ1v) is 8.29. The summed E-state index contributed by atoms with van der Waals surface area (Å²) in [6.45, 7) is 11.6. The predicted octanol–water partition coefficient (Wildman–Crippen LogP) is 2.53. The van der Waals surface area contributed by atoms with Crippen molar-refractivity contribution in [2.45, 2.75) is 53.2 Å². The Bertz CT molecular complexity index is 491. The summed E-state index contributed by atoms with van der Waals surface area (Å²) in [6, 6.07) is 0. The van der Waals surface area contributed by atoms with Gasteiger partial charge in [-0.2, -0.15) is 5.10 Å². The lowest BCUT2D eigenvalue weighted by Gasteiger charge is -2.31. The molecule has 0 spiro atoms. The summed E-state index contributed by atoms with van der Waals surface area (Å²) >= 11 is 0. The Balaban J connectivity index is 1.97. The van der Waals surface area contributed by atoms with Crippen molar-refractivity contribution in [3.05, 3.63) is 11.3 Å². The lowest BCUT2D eigenvalue weighted by molar-refractivity contribution is 0.00720. The molecule has 0 bridgehead atoms. The molecule has 0 amide bonds. The van der Waals surface area contributed by atoms with Crippen LogP contribution in [0.1, 0.15) is 45.4 Å². The molecule has 22 heavy (non-hydrogen) atoms. The third kappa shape index (κ3) is 3.63. The van der Waals surface area contributed by atoms with Crippen LogP contribution in [0.2, 0.25) is 0 Å². The Morgan fingerprint density at radius 1 is 1.41 bits per heavy atom. The van der Waals surface area contributed by atoms with E-state index in [9.17, 15) is 0 Å². The van der Waals surface area contributed by atoms with Crippen molar-refractivity contribution >= 4 is 0 Å². The Morgan fingerprint density at radius 2 is 2.14 bits per heavy atom. The number of ether oxygens (including phenoxy) is 2. The zero-order valence-electron chi connectivity index (χ0n) is 14.9. The number of nitrogens with zero attached hydrogens (tertiary/aromatic N) is 2.